The molecule has 2 amide bonds. The molecule has 0 radical (unpaired) electrons. The van der Waals surface area contributed by atoms with Gasteiger partial charge in [-0.3, -0.25) is 14.4 Å². The molecule has 5 rings (SSSR count). The zero-order valence-electron chi connectivity index (χ0n) is 34.7. The number of amides is 2. The third kappa shape index (κ3) is 13.9. The van der Waals surface area contributed by atoms with E-state index in [-0.39, 0.29) is 36.6 Å². The van der Waals surface area contributed by atoms with E-state index in [0.29, 0.717) is 11.4 Å². The highest BCUT2D eigenvalue weighted by molar-refractivity contribution is 5.97. The second-order valence-electron chi connectivity index (χ2n) is 16.3. The fourth-order valence-electron chi connectivity index (χ4n) is 6.59. The first-order valence-electron chi connectivity index (χ1n) is 20.3. The lowest BCUT2D eigenvalue weighted by Gasteiger charge is -2.21. The maximum absolute atomic E-state index is 13.4. The number of nitrogens with zero attached hydrogens (tertiary/aromatic N) is 2. The lowest BCUT2D eigenvalue weighted by molar-refractivity contribution is -0.154. The van der Waals surface area contributed by atoms with Crippen molar-refractivity contribution in [2.45, 2.75) is 124 Å². The summed E-state index contributed by atoms with van der Waals surface area (Å²) in [6.07, 6.45) is 11.7. The van der Waals surface area contributed by atoms with Gasteiger partial charge < -0.3 is 20.1 Å². The van der Waals surface area contributed by atoms with E-state index in [1.807, 2.05) is 86.9 Å². The average Bonchev–Trinajstić information content (AvgIpc) is 3.18. The fraction of sp³-hybridized carbons (Fsp3) is 0.468. The smallest absolute Gasteiger partial charge is 0.308 e. The Kier molecular flexibility index (Phi) is 16.2. The molecule has 0 bridgehead atoms. The minimum absolute atomic E-state index is 0.0193. The summed E-state index contributed by atoms with van der Waals surface area (Å²) >= 11 is 0. The van der Waals surface area contributed by atoms with E-state index in [1.165, 1.54) is 32.1 Å². The number of aromatic nitrogens is 2. The number of carbonyl (C=O) groups is 3. The first kappa shape index (κ1) is 43.7. The number of hydrogen-bond acceptors (Lipinski definition) is 7. The lowest BCUT2D eigenvalue weighted by atomic mass is 9.86. The molecule has 1 aliphatic rings. The second kappa shape index (κ2) is 20.7. The van der Waals surface area contributed by atoms with E-state index < -0.39 is 17.6 Å². The first-order chi connectivity index (χ1) is 26.7. The van der Waals surface area contributed by atoms with Gasteiger partial charge in [-0.1, -0.05) is 115 Å². The summed E-state index contributed by atoms with van der Waals surface area (Å²) in [5, 5.41) is 5.72. The van der Waals surface area contributed by atoms with E-state index in [2.05, 4.69) is 41.4 Å². The number of hydrogen-bond donors (Lipinski definition) is 2. The molecule has 1 aliphatic carbocycles. The van der Waals surface area contributed by atoms with Gasteiger partial charge in [0.25, 0.3) is 5.91 Å². The lowest BCUT2D eigenvalue weighted by Crippen LogP contribution is -2.48. The van der Waals surface area contributed by atoms with Crippen molar-refractivity contribution in [2.75, 3.05) is 13.2 Å². The van der Waals surface area contributed by atoms with E-state index in [4.69, 9.17) is 9.47 Å². The highest BCUT2D eigenvalue weighted by atomic mass is 16.6. The number of carbonyl (C=O) groups excluding carboxylic acids is 3. The van der Waals surface area contributed by atoms with Crippen LogP contribution in [0, 0.1) is 5.92 Å². The van der Waals surface area contributed by atoms with Gasteiger partial charge in [0.05, 0.1) is 13.0 Å². The molecule has 1 fully saturated rings. The summed E-state index contributed by atoms with van der Waals surface area (Å²) in [4.78, 5) is 48.3. The SMILES string of the molecule is CC.CC(C)(C)OC(=O)CCNC(=O)C(Cc1ccc(-c2ncc(-c3ccc(OCCC4CCCCC4)cc3)cn2)cc1)NC(=O)c1ccc(C(C)(C)C)cc1. The first-order valence-corrected chi connectivity index (χ1v) is 20.3. The molecular formula is C47H62N4O5. The zero-order chi connectivity index (χ0) is 40.7. The van der Waals surface area contributed by atoms with Gasteiger partial charge in [-0.15, -0.1) is 0 Å². The minimum atomic E-state index is -0.881. The van der Waals surface area contributed by atoms with Crippen molar-refractivity contribution in [3.8, 4) is 28.3 Å². The van der Waals surface area contributed by atoms with Gasteiger partial charge in [-0.25, -0.2) is 9.97 Å². The van der Waals surface area contributed by atoms with Crippen molar-refractivity contribution in [1.82, 2.24) is 20.6 Å². The number of benzene rings is 3. The normalized spacial score (nSPS) is 13.8. The molecule has 9 heteroatoms. The zero-order valence-corrected chi connectivity index (χ0v) is 34.7. The number of rotatable bonds is 14. The Balaban J connectivity index is 0.00000342. The van der Waals surface area contributed by atoms with Crippen LogP contribution in [0.2, 0.25) is 0 Å². The van der Waals surface area contributed by atoms with E-state index in [9.17, 15) is 14.4 Å². The van der Waals surface area contributed by atoms with Crippen molar-refractivity contribution in [2.24, 2.45) is 5.92 Å². The van der Waals surface area contributed by atoms with Gasteiger partial charge in [0.15, 0.2) is 5.82 Å². The van der Waals surface area contributed by atoms with Crippen LogP contribution < -0.4 is 15.4 Å². The molecule has 1 saturated carbocycles. The Morgan fingerprint density at radius 3 is 1.96 bits per heavy atom. The van der Waals surface area contributed by atoms with Gasteiger partial charge in [0.1, 0.15) is 17.4 Å². The van der Waals surface area contributed by atoms with Gasteiger partial charge >= 0.3 is 5.97 Å². The van der Waals surface area contributed by atoms with E-state index in [1.54, 1.807) is 32.9 Å². The molecule has 1 heterocycles. The van der Waals surface area contributed by atoms with Crippen LogP contribution in [0.5, 0.6) is 5.75 Å². The van der Waals surface area contributed by atoms with Gasteiger partial charge in [-0.05, 0) is 79.5 Å². The quantitative estimate of drug-likeness (QED) is 0.123. The number of esters is 1. The van der Waals surface area contributed by atoms with Gasteiger partial charge in [0.2, 0.25) is 5.91 Å². The Morgan fingerprint density at radius 1 is 0.768 bits per heavy atom. The van der Waals surface area contributed by atoms with Gasteiger partial charge in [-0.2, -0.15) is 0 Å². The van der Waals surface area contributed by atoms with Crippen LogP contribution in [-0.4, -0.2) is 52.5 Å². The predicted octanol–water partition coefficient (Wildman–Crippen LogP) is 9.67. The van der Waals surface area contributed by atoms with Crippen LogP contribution in [-0.2, 0) is 26.2 Å². The Morgan fingerprint density at radius 2 is 1.38 bits per heavy atom. The van der Waals surface area contributed by atoms with Crippen molar-refractivity contribution >= 4 is 17.8 Å². The highest BCUT2D eigenvalue weighted by Gasteiger charge is 2.24. The average molecular weight is 763 g/mol. The molecular weight excluding hydrogens is 701 g/mol. The Bertz CT molecular complexity index is 1820. The van der Waals surface area contributed by atoms with Crippen LogP contribution in [0.15, 0.2) is 85.2 Å². The summed E-state index contributed by atoms with van der Waals surface area (Å²) < 4.78 is 11.4. The molecule has 9 nitrogen and oxygen atoms in total. The molecule has 56 heavy (non-hydrogen) atoms. The topological polar surface area (TPSA) is 120 Å². The molecule has 0 saturated heterocycles. The predicted molar refractivity (Wildman–Crippen MR) is 225 cm³/mol. The fourth-order valence-corrected chi connectivity index (χ4v) is 6.59. The molecule has 0 aliphatic heterocycles. The Hall–Kier alpha value is -5.05. The number of ether oxygens (including phenoxy) is 2. The van der Waals surface area contributed by atoms with Gasteiger partial charge in [0, 0.05) is 42.0 Å². The summed E-state index contributed by atoms with van der Waals surface area (Å²) in [5.74, 6) is 1.10. The molecule has 2 N–H and O–H groups in total. The summed E-state index contributed by atoms with van der Waals surface area (Å²) in [6.45, 7) is 16.6. The number of nitrogens with one attached hydrogen (secondary N) is 2. The van der Waals surface area contributed by atoms with Crippen molar-refractivity contribution in [3.05, 3.63) is 102 Å². The molecule has 0 spiro atoms. The van der Waals surface area contributed by atoms with Crippen molar-refractivity contribution in [1.29, 1.82) is 0 Å². The molecule has 1 aromatic heterocycles. The van der Waals surface area contributed by atoms with Crippen LogP contribution in [0.1, 0.15) is 122 Å². The third-order valence-electron chi connectivity index (χ3n) is 9.69. The summed E-state index contributed by atoms with van der Waals surface area (Å²) in [5.41, 5.74) is 4.48. The molecule has 1 atom stereocenters. The molecule has 4 aromatic rings. The summed E-state index contributed by atoms with van der Waals surface area (Å²) in [6, 6.07) is 22.2. The maximum Gasteiger partial charge on any atom is 0.308 e. The van der Waals surface area contributed by atoms with Crippen LogP contribution in [0.3, 0.4) is 0 Å². The van der Waals surface area contributed by atoms with Crippen molar-refractivity contribution < 1.29 is 23.9 Å². The van der Waals surface area contributed by atoms with E-state index in [0.717, 1.165) is 52.5 Å². The standard InChI is InChI=1S/C45H56N4O5.C2H6/c1-44(2,3)37-20-16-35(17-21-37)42(51)49-39(43(52)46-26-24-40(50)54-45(4,5)6)28-32-12-14-34(15-13-32)41-47-29-36(30-48-41)33-18-22-38(23-19-33)53-27-25-31-10-8-7-9-11-31;1-2/h12-23,29-31,39H,7-11,24-28H2,1-6H3,(H,46,52)(H,49,51);1-2H3. The van der Waals surface area contributed by atoms with Crippen LogP contribution in [0.4, 0.5) is 0 Å². The monoisotopic (exact) mass is 762 g/mol. The summed E-state index contributed by atoms with van der Waals surface area (Å²) in [7, 11) is 0. The van der Waals surface area contributed by atoms with E-state index >= 15 is 0 Å². The Labute approximate surface area is 334 Å². The van der Waals surface area contributed by atoms with Crippen LogP contribution in [0.25, 0.3) is 22.5 Å². The minimum Gasteiger partial charge on any atom is -0.494 e. The highest BCUT2D eigenvalue weighted by Crippen LogP contribution is 2.28. The molecule has 1 unspecified atom stereocenters. The maximum atomic E-state index is 13.4. The van der Waals surface area contributed by atoms with Crippen LogP contribution >= 0.6 is 0 Å². The molecule has 3 aromatic carbocycles. The van der Waals surface area contributed by atoms with Crippen molar-refractivity contribution in [3.63, 3.8) is 0 Å². The largest absolute Gasteiger partial charge is 0.494 e. The third-order valence-corrected chi connectivity index (χ3v) is 9.69. The molecule has 300 valence electrons. The second-order valence-corrected chi connectivity index (χ2v) is 16.3.